The van der Waals surface area contributed by atoms with Crippen LogP contribution in [-0.4, -0.2) is 49.6 Å². The number of aromatic nitrogens is 3. The number of hydrogen-bond acceptors (Lipinski definition) is 6. The quantitative estimate of drug-likeness (QED) is 0.205. The molecule has 0 unspecified atom stereocenters. The molecule has 0 atom stereocenters. The maximum absolute atomic E-state index is 11.8. The van der Waals surface area contributed by atoms with E-state index in [2.05, 4.69) is 29.8 Å². The molecule has 0 aliphatic carbocycles. The first-order valence-corrected chi connectivity index (χ1v) is 13.7. The molecule has 0 saturated carbocycles. The highest BCUT2D eigenvalue weighted by molar-refractivity contribution is 6.76. The molecule has 30 heavy (non-hydrogen) atoms. The first-order valence-electron chi connectivity index (χ1n) is 9.96. The number of benzene rings is 1. The molecule has 0 aliphatic rings. The van der Waals surface area contributed by atoms with Gasteiger partial charge < -0.3 is 14.2 Å². The van der Waals surface area contributed by atoms with Crippen LogP contribution in [0.5, 0.6) is 5.75 Å². The number of rotatable bonds is 10. The second-order valence-corrected chi connectivity index (χ2v) is 14.0. The summed E-state index contributed by atoms with van der Waals surface area (Å²) in [6, 6.07) is 10.6. The summed E-state index contributed by atoms with van der Waals surface area (Å²) in [5.74, 6) is 0.662. The first-order chi connectivity index (χ1) is 14.4. The van der Waals surface area contributed by atoms with Crippen molar-refractivity contribution in [3.8, 4) is 17.0 Å². The van der Waals surface area contributed by atoms with Crippen LogP contribution in [0.1, 0.15) is 16.1 Å². The van der Waals surface area contributed by atoms with E-state index in [0.29, 0.717) is 29.4 Å². The second kappa shape index (κ2) is 9.50. The third-order valence-corrected chi connectivity index (χ3v) is 6.64. The van der Waals surface area contributed by atoms with Gasteiger partial charge in [0.05, 0.1) is 11.4 Å². The molecule has 0 fully saturated rings. The Morgan fingerprint density at radius 2 is 1.93 bits per heavy atom. The second-order valence-electron chi connectivity index (χ2n) is 8.42. The number of ether oxygens (including phenoxy) is 3. The Hall–Kier alpha value is -2.55. The Morgan fingerprint density at radius 3 is 2.63 bits per heavy atom. The molecule has 1 aromatic carbocycles. The van der Waals surface area contributed by atoms with E-state index in [1.165, 1.54) is 0 Å². The third-order valence-electron chi connectivity index (χ3n) is 4.93. The maximum atomic E-state index is 11.8. The third kappa shape index (κ3) is 4.95. The molecule has 0 radical (unpaired) electrons. The van der Waals surface area contributed by atoms with Crippen molar-refractivity contribution in [2.45, 2.75) is 39.3 Å². The van der Waals surface area contributed by atoms with Gasteiger partial charge in [-0.3, -0.25) is 9.36 Å². The van der Waals surface area contributed by atoms with Crippen LogP contribution in [0.3, 0.4) is 0 Å². The molecule has 3 aromatic rings. The van der Waals surface area contributed by atoms with Crippen molar-refractivity contribution in [3.05, 3.63) is 41.6 Å². The molecule has 0 amide bonds. The average molecular weight is 428 g/mol. The normalized spacial score (nSPS) is 11.8. The number of aldehydes is 1. The zero-order chi connectivity index (χ0) is 21.7. The average Bonchev–Trinajstić information content (AvgIpc) is 2.99. The SMILES string of the molecule is COCOc1ccccc1-c1cc2c(C)c(C=O)n(COCC[Si](C)(C)C)c2nn1. The van der Waals surface area contributed by atoms with Gasteiger partial charge in [-0.1, -0.05) is 31.8 Å². The molecular formula is C22H29N3O4Si. The minimum atomic E-state index is -1.18. The number of aryl methyl sites for hydroxylation is 1. The van der Waals surface area contributed by atoms with Crippen molar-refractivity contribution >= 4 is 25.4 Å². The Bertz CT molecular complexity index is 1030. The van der Waals surface area contributed by atoms with Gasteiger partial charge >= 0.3 is 0 Å². The van der Waals surface area contributed by atoms with Crippen molar-refractivity contribution in [1.29, 1.82) is 0 Å². The predicted molar refractivity (Wildman–Crippen MR) is 120 cm³/mol. The maximum Gasteiger partial charge on any atom is 0.188 e. The van der Waals surface area contributed by atoms with Crippen molar-refractivity contribution < 1.29 is 19.0 Å². The summed E-state index contributed by atoms with van der Waals surface area (Å²) in [7, 11) is 0.398. The zero-order valence-corrected chi connectivity index (χ0v) is 19.3. The highest BCUT2D eigenvalue weighted by atomic mass is 28.3. The minimum absolute atomic E-state index is 0.145. The first kappa shape index (κ1) is 22.1. The molecule has 3 rings (SSSR count). The summed E-state index contributed by atoms with van der Waals surface area (Å²) in [4.78, 5) is 11.8. The fraction of sp³-hybridized carbons (Fsp3) is 0.409. The van der Waals surface area contributed by atoms with E-state index in [1.807, 2.05) is 37.3 Å². The van der Waals surface area contributed by atoms with Gasteiger partial charge in [0.1, 0.15) is 12.5 Å². The van der Waals surface area contributed by atoms with Crippen molar-refractivity contribution in [1.82, 2.24) is 14.8 Å². The van der Waals surface area contributed by atoms with Gasteiger partial charge in [-0.2, -0.15) is 0 Å². The van der Waals surface area contributed by atoms with E-state index in [9.17, 15) is 4.79 Å². The highest BCUT2D eigenvalue weighted by Crippen LogP contribution is 2.31. The number of nitrogens with zero attached hydrogens (tertiary/aromatic N) is 3. The number of para-hydroxylation sites is 1. The van der Waals surface area contributed by atoms with Gasteiger partial charge in [0.15, 0.2) is 18.7 Å². The Morgan fingerprint density at radius 1 is 1.17 bits per heavy atom. The lowest BCUT2D eigenvalue weighted by atomic mass is 10.1. The van der Waals surface area contributed by atoms with E-state index < -0.39 is 8.07 Å². The van der Waals surface area contributed by atoms with E-state index in [0.717, 1.165) is 28.8 Å². The van der Waals surface area contributed by atoms with Gasteiger partial charge in [0, 0.05) is 32.7 Å². The van der Waals surface area contributed by atoms with Gasteiger partial charge in [-0.25, -0.2) is 0 Å². The van der Waals surface area contributed by atoms with E-state index in [-0.39, 0.29) is 13.5 Å². The Balaban J connectivity index is 1.94. The lowest BCUT2D eigenvalue weighted by Gasteiger charge is -2.16. The molecule has 2 aromatic heterocycles. The highest BCUT2D eigenvalue weighted by Gasteiger charge is 2.18. The molecule has 8 heteroatoms. The number of methoxy groups -OCH3 is 1. The van der Waals surface area contributed by atoms with Crippen LogP contribution in [0.4, 0.5) is 0 Å². The van der Waals surface area contributed by atoms with Gasteiger partial charge in [-0.05, 0) is 36.7 Å². The van der Waals surface area contributed by atoms with E-state index in [1.54, 1.807) is 11.7 Å². The summed E-state index contributed by atoms with van der Waals surface area (Å²) in [6.45, 7) is 9.94. The number of carbonyl (C=O) groups is 1. The summed E-state index contributed by atoms with van der Waals surface area (Å²) in [6.07, 6.45) is 0.855. The van der Waals surface area contributed by atoms with Gasteiger partial charge in [-0.15, -0.1) is 10.2 Å². The van der Waals surface area contributed by atoms with Crippen LogP contribution in [0.15, 0.2) is 30.3 Å². The smallest absolute Gasteiger partial charge is 0.188 e. The van der Waals surface area contributed by atoms with Crippen molar-refractivity contribution in [2.75, 3.05) is 20.5 Å². The fourth-order valence-electron chi connectivity index (χ4n) is 3.19. The van der Waals surface area contributed by atoms with Crippen LogP contribution in [0.25, 0.3) is 22.3 Å². The molecule has 0 spiro atoms. The Kier molecular flexibility index (Phi) is 7.01. The summed E-state index contributed by atoms with van der Waals surface area (Å²) in [5.41, 5.74) is 3.55. The number of carbonyl (C=O) groups excluding carboxylic acids is 1. The minimum Gasteiger partial charge on any atom is -0.467 e. The van der Waals surface area contributed by atoms with Crippen LogP contribution in [0.2, 0.25) is 25.7 Å². The lowest BCUT2D eigenvalue weighted by Crippen LogP contribution is -2.22. The topological polar surface area (TPSA) is 75.5 Å². The van der Waals surface area contributed by atoms with E-state index >= 15 is 0 Å². The molecule has 0 saturated heterocycles. The molecule has 0 bridgehead atoms. The van der Waals surface area contributed by atoms with Crippen LogP contribution in [0, 0.1) is 6.92 Å². The largest absolute Gasteiger partial charge is 0.467 e. The van der Waals surface area contributed by atoms with Gasteiger partial charge in [0.25, 0.3) is 0 Å². The standard InChI is InChI=1S/C22H29N3O4Si/c1-16-18-12-19(17-8-6-7-9-21(17)29-15-27-2)23-24-22(18)25(20(16)13-26)14-28-10-11-30(3,4)5/h6-9,12-13H,10-11,14-15H2,1-5H3. The van der Waals surface area contributed by atoms with Gasteiger partial charge in [0.2, 0.25) is 0 Å². The molecule has 2 heterocycles. The molecule has 0 N–H and O–H groups in total. The zero-order valence-electron chi connectivity index (χ0n) is 18.3. The number of hydrogen-bond donors (Lipinski definition) is 0. The van der Waals surface area contributed by atoms with Crippen LogP contribution < -0.4 is 4.74 Å². The van der Waals surface area contributed by atoms with Crippen LogP contribution >= 0.6 is 0 Å². The lowest BCUT2D eigenvalue weighted by molar-refractivity contribution is 0.0515. The van der Waals surface area contributed by atoms with E-state index in [4.69, 9.17) is 14.2 Å². The summed E-state index contributed by atoms with van der Waals surface area (Å²) < 4.78 is 18.3. The molecular weight excluding hydrogens is 398 g/mol. The van der Waals surface area contributed by atoms with Crippen LogP contribution in [-0.2, 0) is 16.2 Å². The molecule has 0 aliphatic heterocycles. The Labute approximate surface area is 178 Å². The predicted octanol–water partition coefficient (Wildman–Crippen LogP) is 4.51. The monoisotopic (exact) mass is 427 g/mol. The van der Waals surface area contributed by atoms with Crippen molar-refractivity contribution in [2.24, 2.45) is 0 Å². The van der Waals surface area contributed by atoms with Crippen molar-refractivity contribution in [3.63, 3.8) is 0 Å². The number of fused-ring (bicyclic) bond motifs is 1. The molecule has 160 valence electrons. The summed E-state index contributed by atoms with van der Waals surface area (Å²) in [5, 5.41) is 9.71. The summed E-state index contributed by atoms with van der Waals surface area (Å²) >= 11 is 0. The molecule has 7 nitrogen and oxygen atoms in total. The fourth-order valence-corrected chi connectivity index (χ4v) is 3.95.